The number of rotatable bonds is 6. The third-order valence-electron chi connectivity index (χ3n) is 4.05. The van der Waals surface area contributed by atoms with E-state index in [0.29, 0.717) is 40.4 Å². The van der Waals surface area contributed by atoms with E-state index in [1.165, 1.54) is 38.5 Å². The summed E-state index contributed by atoms with van der Waals surface area (Å²) in [7, 11) is 6.16. The quantitative estimate of drug-likeness (QED) is 0.372. The molecule has 0 bridgehead atoms. The number of aromatic hydroxyl groups is 3. The van der Waals surface area contributed by atoms with Crippen molar-refractivity contribution < 1.29 is 43.9 Å². The van der Waals surface area contributed by atoms with Crippen molar-refractivity contribution in [2.75, 3.05) is 28.4 Å². The van der Waals surface area contributed by atoms with Gasteiger partial charge in [0.2, 0.25) is 0 Å². The Kier molecular flexibility index (Phi) is 11.1. The fourth-order valence-corrected chi connectivity index (χ4v) is 2.36. The molecule has 0 saturated carbocycles. The van der Waals surface area contributed by atoms with Crippen LogP contribution in [0.2, 0.25) is 0 Å². The van der Waals surface area contributed by atoms with Gasteiger partial charge in [0.25, 0.3) is 0 Å². The van der Waals surface area contributed by atoms with Gasteiger partial charge in [0, 0.05) is 17.2 Å². The first-order chi connectivity index (χ1) is 15.8. The van der Waals surface area contributed by atoms with Gasteiger partial charge >= 0.3 is 0 Å². The Morgan fingerprint density at radius 3 is 1.48 bits per heavy atom. The van der Waals surface area contributed by atoms with Gasteiger partial charge in [0.1, 0.15) is 18.3 Å². The molecule has 0 atom stereocenters. The summed E-state index contributed by atoms with van der Waals surface area (Å²) in [5.41, 5.74) is 0.919. The first kappa shape index (κ1) is 26.6. The van der Waals surface area contributed by atoms with Crippen molar-refractivity contribution >= 4 is 12.6 Å². The maximum atomic E-state index is 10.4. The van der Waals surface area contributed by atoms with Crippen LogP contribution in [0.4, 0.5) is 0 Å². The smallest absolute Gasteiger partial charge is 0.164 e. The Bertz CT molecular complexity index is 1050. The third-order valence-corrected chi connectivity index (χ3v) is 4.05. The van der Waals surface area contributed by atoms with E-state index in [-0.39, 0.29) is 17.2 Å². The number of ether oxygens (including phenoxy) is 4. The van der Waals surface area contributed by atoms with Gasteiger partial charge in [-0.15, -0.1) is 0 Å². The summed E-state index contributed by atoms with van der Waals surface area (Å²) in [5.74, 6) is 2.03. The highest BCUT2D eigenvalue weighted by Gasteiger charge is 2.03. The Morgan fingerprint density at radius 1 is 0.545 bits per heavy atom. The van der Waals surface area contributed by atoms with E-state index in [1.807, 2.05) is 0 Å². The minimum absolute atomic E-state index is 0.169. The second-order valence-corrected chi connectivity index (χ2v) is 6.14. The number of hydrogen-bond acceptors (Lipinski definition) is 9. The lowest BCUT2D eigenvalue weighted by Gasteiger charge is -2.06. The average molecular weight is 458 g/mol. The van der Waals surface area contributed by atoms with Crippen LogP contribution in [0, 0.1) is 0 Å². The molecule has 0 fully saturated rings. The molecule has 3 aromatic carbocycles. The molecule has 0 aliphatic carbocycles. The largest absolute Gasteiger partial charge is 0.508 e. The summed E-state index contributed by atoms with van der Waals surface area (Å²) < 4.78 is 19.9. The van der Waals surface area contributed by atoms with Crippen molar-refractivity contribution in [3.05, 3.63) is 65.7 Å². The Balaban J connectivity index is 0.000000249. The maximum Gasteiger partial charge on any atom is 0.164 e. The molecular formula is C24H26O9. The minimum atomic E-state index is -0.274. The SMILES string of the molecule is COc1ccc(C=O)cc1OC.COc1ccc(O)cc1OC.O=Cc1ccc(O)c(O)c1. The van der Waals surface area contributed by atoms with Gasteiger partial charge in [0.05, 0.1) is 28.4 Å². The van der Waals surface area contributed by atoms with Gasteiger partial charge in [-0.05, 0) is 48.5 Å². The molecule has 3 aromatic rings. The Hall–Kier alpha value is -4.40. The second kappa shape index (κ2) is 13.8. The van der Waals surface area contributed by atoms with Crippen LogP contribution < -0.4 is 18.9 Å². The van der Waals surface area contributed by atoms with Crippen LogP contribution in [0.5, 0.6) is 40.2 Å². The van der Waals surface area contributed by atoms with Gasteiger partial charge in [-0.25, -0.2) is 0 Å². The van der Waals surface area contributed by atoms with Crippen molar-refractivity contribution in [3.63, 3.8) is 0 Å². The minimum Gasteiger partial charge on any atom is -0.508 e. The molecule has 9 nitrogen and oxygen atoms in total. The summed E-state index contributed by atoms with van der Waals surface area (Å²) in [6.07, 6.45) is 1.36. The molecule has 0 unspecified atom stereocenters. The van der Waals surface area contributed by atoms with Crippen LogP contribution in [0.15, 0.2) is 54.6 Å². The third kappa shape index (κ3) is 8.33. The van der Waals surface area contributed by atoms with Crippen LogP contribution in [-0.2, 0) is 0 Å². The highest BCUT2D eigenvalue weighted by atomic mass is 16.5. The van der Waals surface area contributed by atoms with Crippen LogP contribution in [0.25, 0.3) is 0 Å². The molecule has 0 aliphatic heterocycles. The summed E-state index contributed by atoms with van der Waals surface area (Å²) in [6.45, 7) is 0. The molecule has 0 aromatic heterocycles. The standard InChI is InChI=1S/C9H10O3.C8H10O3.C7H6O3/c1-11-8-4-3-7(6-10)5-9(8)12-2;1-10-7-4-3-6(9)5-8(7)11-2;8-4-5-1-2-6(9)7(10)3-5/h3-6H,1-2H3;3-5,9H,1-2H3;1-4,9-10H. The van der Waals surface area contributed by atoms with Crippen molar-refractivity contribution in [1.82, 2.24) is 0 Å². The molecule has 9 heteroatoms. The molecule has 33 heavy (non-hydrogen) atoms. The van der Waals surface area contributed by atoms with E-state index < -0.39 is 0 Å². The lowest BCUT2D eigenvalue weighted by atomic mass is 10.2. The number of methoxy groups -OCH3 is 4. The molecular weight excluding hydrogens is 432 g/mol. The highest BCUT2D eigenvalue weighted by molar-refractivity contribution is 5.76. The van der Waals surface area contributed by atoms with Crippen LogP contribution >= 0.6 is 0 Å². The van der Waals surface area contributed by atoms with Gasteiger partial charge in [-0.2, -0.15) is 0 Å². The van der Waals surface area contributed by atoms with E-state index in [1.54, 1.807) is 44.6 Å². The van der Waals surface area contributed by atoms with E-state index in [9.17, 15) is 9.59 Å². The fraction of sp³-hybridized carbons (Fsp3) is 0.167. The summed E-state index contributed by atoms with van der Waals surface area (Å²) >= 11 is 0. The van der Waals surface area contributed by atoms with Crippen molar-refractivity contribution in [3.8, 4) is 40.2 Å². The van der Waals surface area contributed by atoms with Crippen molar-refractivity contribution in [2.24, 2.45) is 0 Å². The molecule has 0 amide bonds. The topological polar surface area (TPSA) is 132 Å². The molecule has 3 rings (SSSR count). The van der Waals surface area contributed by atoms with Gasteiger partial charge in [-0.1, -0.05) is 0 Å². The van der Waals surface area contributed by atoms with E-state index in [0.717, 1.165) is 6.29 Å². The van der Waals surface area contributed by atoms with Crippen molar-refractivity contribution in [2.45, 2.75) is 0 Å². The first-order valence-corrected chi connectivity index (χ1v) is 9.38. The fourth-order valence-electron chi connectivity index (χ4n) is 2.36. The normalized spacial score (nSPS) is 9.21. The lowest BCUT2D eigenvalue weighted by Crippen LogP contribution is -1.91. The van der Waals surface area contributed by atoms with Crippen molar-refractivity contribution in [1.29, 1.82) is 0 Å². The molecule has 0 saturated heterocycles. The number of carbonyl (C=O) groups excluding carboxylic acids is 2. The number of phenolic OH excluding ortho intramolecular Hbond substituents is 3. The molecule has 0 aliphatic rings. The summed E-state index contributed by atoms with van der Waals surface area (Å²) in [6, 6.07) is 13.6. The maximum absolute atomic E-state index is 10.4. The first-order valence-electron chi connectivity index (χ1n) is 9.38. The van der Waals surface area contributed by atoms with E-state index >= 15 is 0 Å². The molecule has 0 heterocycles. The van der Waals surface area contributed by atoms with Gasteiger partial charge in [-0.3, -0.25) is 9.59 Å². The van der Waals surface area contributed by atoms with E-state index in [2.05, 4.69) is 0 Å². The lowest BCUT2D eigenvalue weighted by molar-refractivity contribution is 0.111. The van der Waals surface area contributed by atoms with E-state index in [4.69, 9.17) is 34.3 Å². The predicted octanol–water partition coefficient (Wildman–Crippen LogP) is 3.84. The summed E-state index contributed by atoms with van der Waals surface area (Å²) in [4.78, 5) is 20.5. The van der Waals surface area contributed by atoms with Crippen LogP contribution in [-0.4, -0.2) is 56.3 Å². The second-order valence-electron chi connectivity index (χ2n) is 6.14. The zero-order valence-corrected chi connectivity index (χ0v) is 18.6. The Labute approximate surface area is 191 Å². The van der Waals surface area contributed by atoms with Gasteiger partial charge in [0.15, 0.2) is 34.5 Å². The monoisotopic (exact) mass is 458 g/mol. The summed E-state index contributed by atoms with van der Waals surface area (Å²) in [5, 5.41) is 26.6. The number of benzene rings is 3. The highest BCUT2D eigenvalue weighted by Crippen LogP contribution is 2.30. The number of carbonyl (C=O) groups is 2. The molecule has 0 spiro atoms. The zero-order valence-electron chi connectivity index (χ0n) is 18.6. The van der Waals surface area contributed by atoms with Crippen LogP contribution in [0.3, 0.4) is 0 Å². The number of aldehydes is 2. The molecule has 3 N–H and O–H groups in total. The predicted molar refractivity (Wildman–Crippen MR) is 121 cm³/mol. The average Bonchev–Trinajstić information content (AvgIpc) is 2.85. The number of phenols is 3. The van der Waals surface area contributed by atoms with Gasteiger partial charge < -0.3 is 34.3 Å². The zero-order chi connectivity index (χ0) is 24.8. The molecule has 0 radical (unpaired) electrons. The Morgan fingerprint density at radius 2 is 1.00 bits per heavy atom. The number of hydrogen-bond donors (Lipinski definition) is 3. The van der Waals surface area contributed by atoms with Crippen LogP contribution in [0.1, 0.15) is 20.7 Å². The molecule has 176 valence electrons.